The molecule has 1 aliphatic carbocycles. The summed E-state index contributed by atoms with van der Waals surface area (Å²) in [6.07, 6.45) is 0. The minimum absolute atomic E-state index is 0.0947. The summed E-state index contributed by atoms with van der Waals surface area (Å²) in [6.45, 7) is -0.186. The fourth-order valence-corrected chi connectivity index (χ4v) is 6.07. The number of rotatable bonds is 5. The van der Waals surface area contributed by atoms with E-state index in [0.29, 0.717) is 5.02 Å². The molecule has 2 aromatic rings. The van der Waals surface area contributed by atoms with Crippen molar-refractivity contribution < 1.29 is 13.5 Å². The first kappa shape index (κ1) is 16.5. The molecule has 0 aliphatic heterocycles. The van der Waals surface area contributed by atoms with Gasteiger partial charge in [-0.15, -0.1) is 0 Å². The lowest BCUT2D eigenvalue weighted by Gasteiger charge is -2.12. The molecule has 3 atom stereocenters. The molecule has 23 heavy (non-hydrogen) atoms. The highest BCUT2D eigenvalue weighted by Crippen LogP contribution is 2.63. The first-order valence-corrected chi connectivity index (χ1v) is 9.25. The maximum Gasteiger partial charge on any atom is 0.182 e. The molecule has 2 aromatic carbocycles. The fraction of sp³-hybridized carbons (Fsp3) is 0.294. The van der Waals surface area contributed by atoms with Gasteiger partial charge in [0.1, 0.15) is 0 Å². The van der Waals surface area contributed by atoms with E-state index in [1.54, 1.807) is 48.5 Å². The van der Waals surface area contributed by atoms with Gasteiger partial charge < -0.3 is 10.8 Å². The van der Waals surface area contributed by atoms with Gasteiger partial charge in [-0.3, -0.25) is 0 Å². The van der Waals surface area contributed by atoms with E-state index in [2.05, 4.69) is 0 Å². The van der Waals surface area contributed by atoms with Gasteiger partial charge in [0.2, 0.25) is 0 Å². The molecule has 4 nitrogen and oxygen atoms in total. The van der Waals surface area contributed by atoms with Crippen molar-refractivity contribution in [1.29, 1.82) is 0 Å². The van der Waals surface area contributed by atoms with E-state index in [1.807, 2.05) is 6.07 Å². The van der Waals surface area contributed by atoms with Gasteiger partial charge in [0.25, 0.3) is 0 Å². The van der Waals surface area contributed by atoms with Crippen molar-refractivity contribution in [3.63, 3.8) is 0 Å². The highest BCUT2D eigenvalue weighted by Gasteiger charge is 2.70. The van der Waals surface area contributed by atoms with Gasteiger partial charge >= 0.3 is 0 Å². The number of halogens is 1. The lowest BCUT2D eigenvalue weighted by atomic mass is 10.0. The molecule has 0 aromatic heterocycles. The predicted octanol–water partition coefficient (Wildman–Crippen LogP) is 2.22. The third kappa shape index (κ3) is 2.58. The van der Waals surface area contributed by atoms with Gasteiger partial charge in [0, 0.05) is 22.9 Å². The van der Waals surface area contributed by atoms with Crippen LogP contribution in [-0.2, 0) is 9.84 Å². The molecule has 1 saturated carbocycles. The average molecular weight is 352 g/mol. The Balaban J connectivity index is 2.07. The molecule has 0 radical (unpaired) electrons. The highest BCUT2D eigenvalue weighted by atomic mass is 35.5. The standard InChI is InChI=1S/C17H18ClNO3S/c18-13-6-4-5-12(9-13)15-16(17(15,10-19)11-20)23(21,22)14-7-2-1-3-8-14/h1-9,15-16,20H,10-11,19H2. The molecular formula is C17H18ClNO3S. The number of aliphatic hydroxyl groups is 1. The third-order valence-electron chi connectivity index (χ3n) is 4.67. The summed E-state index contributed by atoms with van der Waals surface area (Å²) in [5, 5.41) is 9.65. The Bertz CT molecular complexity index is 804. The molecule has 0 bridgehead atoms. The van der Waals surface area contributed by atoms with Crippen LogP contribution in [0.4, 0.5) is 0 Å². The second kappa shape index (κ2) is 5.91. The Morgan fingerprint density at radius 1 is 1.13 bits per heavy atom. The second-order valence-corrected chi connectivity index (χ2v) is 8.41. The molecule has 0 heterocycles. The van der Waals surface area contributed by atoms with Crippen LogP contribution in [0, 0.1) is 5.41 Å². The first-order valence-electron chi connectivity index (χ1n) is 7.33. The Morgan fingerprint density at radius 2 is 1.83 bits per heavy atom. The van der Waals surface area contributed by atoms with E-state index in [-0.39, 0.29) is 24.0 Å². The van der Waals surface area contributed by atoms with Crippen LogP contribution in [0.1, 0.15) is 11.5 Å². The summed E-state index contributed by atoms with van der Waals surface area (Å²) < 4.78 is 26.0. The van der Waals surface area contributed by atoms with Crippen LogP contribution < -0.4 is 5.73 Å². The van der Waals surface area contributed by atoms with Gasteiger partial charge in [0.15, 0.2) is 9.84 Å². The summed E-state index contributed by atoms with van der Waals surface area (Å²) in [7, 11) is -3.59. The van der Waals surface area contributed by atoms with Crippen LogP contribution in [0.25, 0.3) is 0 Å². The number of aliphatic hydroxyl groups excluding tert-OH is 1. The van der Waals surface area contributed by atoms with Crippen LogP contribution in [0.5, 0.6) is 0 Å². The second-order valence-electron chi connectivity index (χ2n) is 5.91. The van der Waals surface area contributed by atoms with E-state index in [4.69, 9.17) is 17.3 Å². The van der Waals surface area contributed by atoms with E-state index in [9.17, 15) is 13.5 Å². The fourth-order valence-electron chi connectivity index (χ4n) is 3.40. The van der Waals surface area contributed by atoms with Crippen LogP contribution >= 0.6 is 11.6 Å². The number of sulfone groups is 1. The molecule has 6 heteroatoms. The molecule has 0 spiro atoms. The largest absolute Gasteiger partial charge is 0.396 e. The molecule has 3 rings (SSSR count). The summed E-state index contributed by atoms with van der Waals surface area (Å²) in [4.78, 5) is 0.251. The zero-order chi connectivity index (χ0) is 16.7. The smallest absolute Gasteiger partial charge is 0.182 e. The van der Waals surface area contributed by atoms with E-state index in [1.165, 1.54) is 0 Å². The zero-order valence-electron chi connectivity index (χ0n) is 12.4. The third-order valence-corrected chi connectivity index (χ3v) is 7.24. The minimum Gasteiger partial charge on any atom is -0.396 e. The average Bonchev–Trinajstić information content (AvgIpc) is 3.26. The van der Waals surface area contributed by atoms with Gasteiger partial charge in [-0.1, -0.05) is 41.9 Å². The van der Waals surface area contributed by atoms with Gasteiger partial charge in [0.05, 0.1) is 16.8 Å². The van der Waals surface area contributed by atoms with E-state index in [0.717, 1.165) is 5.56 Å². The van der Waals surface area contributed by atoms with Crippen molar-refractivity contribution in [3.8, 4) is 0 Å². The van der Waals surface area contributed by atoms with Crippen molar-refractivity contribution in [2.75, 3.05) is 13.2 Å². The van der Waals surface area contributed by atoms with Crippen molar-refractivity contribution in [1.82, 2.24) is 0 Å². The molecule has 0 saturated heterocycles. The maximum atomic E-state index is 13.0. The summed E-state index contributed by atoms with van der Waals surface area (Å²) in [5.74, 6) is -0.360. The number of nitrogens with two attached hydrogens (primary N) is 1. The van der Waals surface area contributed by atoms with E-state index >= 15 is 0 Å². The van der Waals surface area contributed by atoms with Gasteiger partial charge in [-0.25, -0.2) is 8.42 Å². The van der Waals surface area contributed by atoms with Gasteiger partial charge in [-0.2, -0.15) is 0 Å². The monoisotopic (exact) mass is 351 g/mol. The molecule has 0 amide bonds. The van der Waals surface area contributed by atoms with Crippen LogP contribution in [0.3, 0.4) is 0 Å². The Hall–Kier alpha value is -1.40. The van der Waals surface area contributed by atoms with Crippen LogP contribution in [0.15, 0.2) is 59.5 Å². The number of hydrogen-bond donors (Lipinski definition) is 2. The van der Waals surface area contributed by atoms with Crippen LogP contribution in [-0.4, -0.2) is 31.9 Å². The number of benzene rings is 2. The predicted molar refractivity (Wildman–Crippen MR) is 90.2 cm³/mol. The molecule has 1 aliphatic rings. The topological polar surface area (TPSA) is 80.4 Å². The lowest BCUT2D eigenvalue weighted by Crippen LogP contribution is -2.27. The molecule has 3 N–H and O–H groups in total. The Kier molecular flexibility index (Phi) is 4.23. The summed E-state index contributed by atoms with van der Waals surface area (Å²) in [6, 6.07) is 15.4. The van der Waals surface area contributed by atoms with Crippen molar-refractivity contribution >= 4 is 21.4 Å². The Morgan fingerprint density at radius 3 is 2.39 bits per heavy atom. The highest BCUT2D eigenvalue weighted by molar-refractivity contribution is 7.92. The normalized spacial score (nSPS) is 26.9. The minimum atomic E-state index is -3.59. The molecule has 122 valence electrons. The summed E-state index contributed by atoms with van der Waals surface area (Å²) >= 11 is 6.03. The van der Waals surface area contributed by atoms with Gasteiger partial charge in [-0.05, 0) is 29.8 Å². The first-order chi connectivity index (χ1) is 11.0. The SMILES string of the molecule is NCC1(CO)C(c2cccc(Cl)c2)C1S(=O)(=O)c1ccccc1. The zero-order valence-corrected chi connectivity index (χ0v) is 14.0. The maximum absolute atomic E-state index is 13.0. The summed E-state index contributed by atoms with van der Waals surface area (Å²) in [5.41, 5.74) is 5.78. The molecule has 1 fully saturated rings. The quantitative estimate of drug-likeness (QED) is 0.865. The molecule has 3 unspecified atom stereocenters. The van der Waals surface area contributed by atoms with E-state index < -0.39 is 20.5 Å². The van der Waals surface area contributed by atoms with Crippen molar-refractivity contribution in [2.24, 2.45) is 11.1 Å². The van der Waals surface area contributed by atoms with Crippen molar-refractivity contribution in [3.05, 3.63) is 65.2 Å². The Labute approximate surface area is 140 Å². The number of hydrogen-bond acceptors (Lipinski definition) is 4. The van der Waals surface area contributed by atoms with Crippen LogP contribution in [0.2, 0.25) is 5.02 Å². The van der Waals surface area contributed by atoms with Crippen molar-refractivity contribution in [2.45, 2.75) is 16.1 Å². The molecular weight excluding hydrogens is 334 g/mol. The lowest BCUT2D eigenvalue weighted by molar-refractivity contribution is 0.212.